The third kappa shape index (κ3) is 3.43. The van der Waals surface area contributed by atoms with Crippen molar-refractivity contribution in [3.63, 3.8) is 0 Å². The average molecular weight is 272 g/mol. The van der Waals surface area contributed by atoms with Crippen molar-refractivity contribution < 1.29 is 0 Å². The molecule has 46 valence electrons. The van der Waals surface area contributed by atoms with Crippen LogP contribution in [-0.2, 0) is 0 Å². The van der Waals surface area contributed by atoms with Gasteiger partial charge in [-0.25, -0.2) is 0 Å². The highest BCUT2D eigenvalue weighted by molar-refractivity contribution is 9.23. The van der Waals surface area contributed by atoms with Crippen LogP contribution in [0.3, 0.4) is 0 Å². The Morgan fingerprint density at radius 2 is 1.25 bits per heavy atom. The maximum atomic E-state index is 3.47. The molecule has 0 nitrogen and oxygen atoms in total. The van der Waals surface area contributed by atoms with E-state index >= 15 is 0 Å². The van der Waals surface area contributed by atoms with E-state index in [1.165, 1.54) is 0 Å². The summed E-state index contributed by atoms with van der Waals surface area (Å²) < 4.78 is 0. The van der Waals surface area contributed by atoms with Crippen LogP contribution < -0.4 is 0 Å². The summed E-state index contributed by atoms with van der Waals surface area (Å²) >= 11 is 6.94. The van der Waals surface area contributed by atoms with Crippen LogP contribution in [0.15, 0.2) is 0 Å². The minimum atomic E-state index is 0.827. The molecule has 8 heavy (non-hydrogen) atoms. The van der Waals surface area contributed by atoms with Gasteiger partial charge in [-0.3, -0.25) is 0 Å². The van der Waals surface area contributed by atoms with E-state index in [2.05, 4.69) is 44.4 Å². The molecule has 0 saturated carbocycles. The molecule has 4 radical (unpaired) electrons. The highest BCUT2D eigenvalue weighted by Crippen LogP contribution is 2.23. The van der Waals surface area contributed by atoms with Gasteiger partial charge in [0, 0.05) is 0 Å². The Morgan fingerprint density at radius 3 is 1.38 bits per heavy atom. The number of halogens is 2. The Morgan fingerprint density at radius 1 is 1.00 bits per heavy atom. The fourth-order valence-electron chi connectivity index (χ4n) is 0.189. The van der Waals surface area contributed by atoms with Crippen molar-refractivity contribution in [1.82, 2.24) is 0 Å². The van der Waals surface area contributed by atoms with Crippen LogP contribution in [0.2, 0.25) is 11.1 Å². The normalized spacial score (nSPS) is 18.0. The van der Waals surface area contributed by atoms with Gasteiger partial charge < -0.3 is 0 Å². The van der Waals surface area contributed by atoms with Gasteiger partial charge in [0.1, 0.15) is 16.3 Å². The molecule has 0 spiro atoms. The van der Waals surface area contributed by atoms with E-state index in [9.17, 15) is 0 Å². The van der Waals surface area contributed by atoms with Gasteiger partial charge in [-0.15, -0.1) is 30.6 Å². The van der Waals surface area contributed by atoms with Crippen molar-refractivity contribution in [1.29, 1.82) is 0 Å². The third-order valence-corrected chi connectivity index (χ3v) is 7.45. The zero-order valence-corrected chi connectivity index (χ0v) is 10.1. The average Bonchev–Trinajstić information content (AvgIpc) is 1.84. The smallest absolute Gasteiger partial charge is 0.131 e. The number of hydrogen-bond acceptors (Lipinski definition) is 0. The summed E-state index contributed by atoms with van der Waals surface area (Å²) in [6.07, 6.45) is 0. The van der Waals surface area contributed by atoms with E-state index < -0.39 is 0 Å². The lowest BCUT2D eigenvalue weighted by Crippen LogP contribution is -2.02. The van der Waals surface area contributed by atoms with Gasteiger partial charge in [0.2, 0.25) is 0 Å². The summed E-state index contributed by atoms with van der Waals surface area (Å²) in [4.78, 5) is 0. The molecule has 0 fully saturated rings. The molecule has 0 aliphatic heterocycles. The zero-order chi connectivity index (χ0) is 6.57. The topological polar surface area (TPSA) is 0 Å². The largest absolute Gasteiger partial charge is 0.140 e. The van der Waals surface area contributed by atoms with E-state index in [4.69, 9.17) is 0 Å². The molecule has 0 amide bonds. The summed E-state index contributed by atoms with van der Waals surface area (Å²) in [6.45, 7) is 4.54. The minimum Gasteiger partial charge on any atom is -0.131 e. The van der Waals surface area contributed by atoms with Crippen LogP contribution in [-0.4, -0.2) is 16.3 Å². The fraction of sp³-hybridized carbons (Fsp3) is 1.00. The molecule has 0 bridgehead atoms. The minimum absolute atomic E-state index is 0.827. The van der Waals surface area contributed by atoms with Crippen molar-refractivity contribution in [3.8, 4) is 0 Å². The summed E-state index contributed by atoms with van der Waals surface area (Å²) in [7, 11) is 1.82. The molecule has 2 atom stereocenters. The maximum Gasteiger partial charge on any atom is 0.140 e. The van der Waals surface area contributed by atoms with Gasteiger partial charge >= 0.3 is 0 Å². The lowest BCUT2D eigenvalue weighted by atomic mass is 10.4. The molecule has 0 aliphatic carbocycles. The molecular formula is C4H8Br2Si2. The molecule has 0 aliphatic rings. The summed E-state index contributed by atoms with van der Waals surface area (Å²) in [5.41, 5.74) is 1.65. The van der Waals surface area contributed by atoms with Crippen LogP contribution in [0.4, 0.5) is 0 Å². The van der Waals surface area contributed by atoms with Crippen LogP contribution in [0.25, 0.3) is 0 Å². The summed E-state index contributed by atoms with van der Waals surface area (Å²) in [6, 6.07) is 0. The molecule has 0 heterocycles. The van der Waals surface area contributed by atoms with Crippen LogP contribution in [0, 0.1) is 0 Å². The van der Waals surface area contributed by atoms with Gasteiger partial charge in [-0.1, -0.05) is 13.8 Å². The molecule has 2 unspecified atom stereocenters. The number of rotatable bonds is 3. The monoisotopic (exact) mass is 270 g/mol. The summed E-state index contributed by atoms with van der Waals surface area (Å²) in [5.74, 6) is 0. The third-order valence-electron chi connectivity index (χ3n) is 1.09. The SMILES string of the molecule is CC([Si]Br)C(C)[Si]Br. The van der Waals surface area contributed by atoms with Gasteiger partial charge in [-0.2, -0.15) is 0 Å². The molecule has 0 saturated heterocycles. The second-order valence-electron chi connectivity index (χ2n) is 1.80. The first-order valence-electron chi connectivity index (χ1n) is 2.44. The van der Waals surface area contributed by atoms with Crippen LogP contribution in [0.5, 0.6) is 0 Å². The predicted molar refractivity (Wildman–Crippen MR) is 48.2 cm³/mol. The Hall–Kier alpha value is 1.39. The molecule has 0 aromatic rings. The summed E-state index contributed by atoms with van der Waals surface area (Å²) in [5, 5.41) is 0. The first-order valence-corrected chi connectivity index (χ1v) is 9.11. The molecule has 0 N–H and O–H groups in total. The van der Waals surface area contributed by atoms with Crippen molar-refractivity contribution >= 4 is 46.9 Å². The van der Waals surface area contributed by atoms with Crippen molar-refractivity contribution in [2.45, 2.75) is 24.9 Å². The first kappa shape index (κ1) is 9.39. The van der Waals surface area contributed by atoms with Gasteiger partial charge in [0.05, 0.1) is 0 Å². The number of hydrogen-bond donors (Lipinski definition) is 0. The van der Waals surface area contributed by atoms with E-state index in [0.717, 1.165) is 27.4 Å². The van der Waals surface area contributed by atoms with Crippen LogP contribution in [0.1, 0.15) is 13.8 Å². The van der Waals surface area contributed by atoms with E-state index in [1.54, 1.807) is 0 Å². The Kier molecular flexibility index (Phi) is 6.11. The Bertz CT molecular complexity index is 52.0. The molecule has 0 aromatic heterocycles. The van der Waals surface area contributed by atoms with Crippen LogP contribution >= 0.6 is 30.6 Å². The molecule has 4 heteroatoms. The fourth-order valence-corrected chi connectivity index (χ4v) is 4.91. The highest BCUT2D eigenvalue weighted by Gasteiger charge is 2.09. The van der Waals surface area contributed by atoms with Crippen molar-refractivity contribution in [3.05, 3.63) is 0 Å². The first-order chi connectivity index (χ1) is 3.72. The van der Waals surface area contributed by atoms with Crippen molar-refractivity contribution in [2.75, 3.05) is 0 Å². The highest BCUT2D eigenvalue weighted by atomic mass is 79.9. The molecule has 0 rings (SSSR count). The zero-order valence-electron chi connectivity index (χ0n) is 4.91. The van der Waals surface area contributed by atoms with Gasteiger partial charge in [0.15, 0.2) is 0 Å². The van der Waals surface area contributed by atoms with Crippen molar-refractivity contribution in [2.24, 2.45) is 0 Å². The van der Waals surface area contributed by atoms with Gasteiger partial charge in [0.25, 0.3) is 0 Å². The van der Waals surface area contributed by atoms with E-state index in [-0.39, 0.29) is 0 Å². The second kappa shape index (κ2) is 5.20. The van der Waals surface area contributed by atoms with E-state index in [1.807, 2.05) is 0 Å². The quantitative estimate of drug-likeness (QED) is 0.547. The second-order valence-corrected chi connectivity index (χ2v) is 6.80. The van der Waals surface area contributed by atoms with Gasteiger partial charge in [-0.05, 0) is 11.1 Å². The lowest BCUT2D eigenvalue weighted by molar-refractivity contribution is 0.871. The van der Waals surface area contributed by atoms with E-state index in [0.29, 0.717) is 0 Å². The predicted octanol–water partition coefficient (Wildman–Crippen LogP) is 2.63. The lowest BCUT2D eigenvalue weighted by Gasteiger charge is -2.10. The Balaban J connectivity index is 3.29. The molecular weight excluding hydrogens is 264 g/mol. The Labute approximate surface area is 71.6 Å². The maximum absolute atomic E-state index is 3.47. The molecule has 0 aromatic carbocycles. The standard InChI is InChI=1S/C4H8Br2Si2/c1-3(7-5)4(2)8-6/h3-4H,1-2H3.